The lowest BCUT2D eigenvalue weighted by Gasteiger charge is -2.18. The van der Waals surface area contributed by atoms with Gasteiger partial charge in [0.15, 0.2) is 0 Å². The minimum atomic E-state index is 0.714. The van der Waals surface area contributed by atoms with Crippen LogP contribution in [0.25, 0.3) is 11.1 Å². The SMILES string of the molecule is CC=NCc1ccc(C(=C(c2ccccc2)c2ccccc2)c2ccccc2)cc1. The minimum Gasteiger partial charge on any atom is -0.293 e. The van der Waals surface area contributed by atoms with Crippen molar-refractivity contribution in [2.45, 2.75) is 13.5 Å². The molecule has 0 heterocycles. The van der Waals surface area contributed by atoms with Gasteiger partial charge in [0.2, 0.25) is 0 Å². The van der Waals surface area contributed by atoms with Gasteiger partial charge in [-0.2, -0.15) is 0 Å². The maximum Gasteiger partial charge on any atom is 0.0635 e. The molecule has 0 atom stereocenters. The van der Waals surface area contributed by atoms with Crippen LogP contribution in [-0.4, -0.2) is 6.21 Å². The van der Waals surface area contributed by atoms with E-state index in [0.717, 1.165) is 0 Å². The molecule has 0 saturated carbocycles. The van der Waals surface area contributed by atoms with Crippen molar-refractivity contribution < 1.29 is 0 Å². The van der Waals surface area contributed by atoms with Crippen molar-refractivity contribution in [2.75, 3.05) is 0 Å². The molecule has 30 heavy (non-hydrogen) atoms. The Bertz CT molecular complexity index is 1080. The summed E-state index contributed by atoms with van der Waals surface area (Å²) in [5, 5.41) is 0. The fourth-order valence-electron chi connectivity index (χ4n) is 3.70. The molecule has 4 rings (SSSR count). The van der Waals surface area contributed by atoms with E-state index in [1.54, 1.807) is 0 Å². The van der Waals surface area contributed by atoms with Gasteiger partial charge >= 0.3 is 0 Å². The first-order chi connectivity index (χ1) is 14.9. The first kappa shape index (κ1) is 19.6. The first-order valence-corrected chi connectivity index (χ1v) is 10.3. The topological polar surface area (TPSA) is 12.4 Å². The highest BCUT2D eigenvalue weighted by molar-refractivity contribution is 6.04. The Hall–Kier alpha value is -3.71. The fraction of sp³-hybridized carbons (Fsp3) is 0.0690. The Morgan fingerprint density at radius 2 is 0.900 bits per heavy atom. The van der Waals surface area contributed by atoms with Crippen LogP contribution in [0.2, 0.25) is 0 Å². The molecule has 0 aliphatic heterocycles. The van der Waals surface area contributed by atoms with Gasteiger partial charge in [-0.3, -0.25) is 4.99 Å². The Morgan fingerprint density at radius 1 is 0.533 bits per heavy atom. The molecule has 0 aromatic heterocycles. The molecule has 0 saturated heterocycles. The van der Waals surface area contributed by atoms with E-state index in [0.29, 0.717) is 6.54 Å². The standard InChI is InChI=1S/C29H25N/c1-2-30-22-23-18-20-27(21-19-23)29(26-16-10-5-11-17-26)28(24-12-6-3-7-13-24)25-14-8-4-9-15-25/h2-21H,22H2,1H3. The lowest BCUT2D eigenvalue weighted by atomic mass is 9.85. The monoisotopic (exact) mass is 387 g/mol. The zero-order valence-corrected chi connectivity index (χ0v) is 17.2. The van der Waals surface area contributed by atoms with Crippen LogP contribution >= 0.6 is 0 Å². The zero-order chi connectivity index (χ0) is 20.6. The Labute approximate surface area is 179 Å². The van der Waals surface area contributed by atoms with Crippen molar-refractivity contribution >= 4 is 17.4 Å². The van der Waals surface area contributed by atoms with Gasteiger partial charge in [0.05, 0.1) is 6.54 Å². The molecule has 4 aromatic rings. The summed E-state index contributed by atoms with van der Waals surface area (Å²) in [5.41, 5.74) is 8.52. The lowest BCUT2D eigenvalue weighted by Crippen LogP contribution is -1.97. The molecular formula is C29H25N. The van der Waals surface area contributed by atoms with Crippen molar-refractivity contribution in [1.29, 1.82) is 0 Å². The quantitative estimate of drug-likeness (QED) is 0.243. The van der Waals surface area contributed by atoms with Crippen LogP contribution in [0.1, 0.15) is 34.7 Å². The fourth-order valence-corrected chi connectivity index (χ4v) is 3.70. The van der Waals surface area contributed by atoms with Crippen molar-refractivity contribution in [2.24, 2.45) is 4.99 Å². The number of nitrogens with zero attached hydrogens (tertiary/aromatic N) is 1. The molecule has 0 amide bonds. The van der Waals surface area contributed by atoms with Crippen molar-refractivity contribution in [3.05, 3.63) is 143 Å². The van der Waals surface area contributed by atoms with Gasteiger partial charge in [-0.1, -0.05) is 115 Å². The second-order valence-corrected chi connectivity index (χ2v) is 7.14. The van der Waals surface area contributed by atoms with Crippen LogP contribution in [0.15, 0.2) is 120 Å². The van der Waals surface area contributed by atoms with Crippen LogP contribution in [0.4, 0.5) is 0 Å². The van der Waals surface area contributed by atoms with Crippen molar-refractivity contribution in [3.63, 3.8) is 0 Å². The zero-order valence-electron chi connectivity index (χ0n) is 17.2. The molecule has 1 heteroatoms. The molecular weight excluding hydrogens is 362 g/mol. The molecule has 4 aromatic carbocycles. The number of aliphatic imine (C=N–C) groups is 1. The highest BCUT2D eigenvalue weighted by atomic mass is 14.7. The summed E-state index contributed by atoms with van der Waals surface area (Å²) < 4.78 is 0. The molecule has 0 bridgehead atoms. The molecule has 0 aliphatic carbocycles. The number of rotatable bonds is 6. The van der Waals surface area contributed by atoms with E-state index < -0.39 is 0 Å². The summed E-state index contributed by atoms with van der Waals surface area (Å²) >= 11 is 0. The van der Waals surface area contributed by atoms with Crippen LogP contribution in [-0.2, 0) is 6.54 Å². The van der Waals surface area contributed by atoms with E-state index in [1.165, 1.54) is 39.0 Å². The van der Waals surface area contributed by atoms with Crippen molar-refractivity contribution in [1.82, 2.24) is 0 Å². The highest BCUT2D eigenvalue weighted by Crippen LogP contribution is 2.36. The Kier molecular flexibility index (Phi) is 6.31. The van der Waals surface area contributed by atoms with E-state index in [2.05, 4.69) is 120 Å². The molecule has 0 radical (unpaired) electrons. The maximum absolute atomic E-state index is 4.37. The van der Waals surface area contributed by atoms with E-state index in [1.807, 2.05) is 13.1 Å². The van der Waals surface area contributed by atoms with Gasteiger partial charge in [0.1, 0.15) is 0 Å². The van der Waals surface area contributed by atoms with Gasteiger partial charge in [0.25, 0.3) is 0 Å². The molecule has 0 spiro atoms. The normalized spacial score (nSPS) is 10.8. The van der Waals surface area contributed by atoms with E-state index in [4.69, 9.17) is 0 Å². The summed E-state index contributed by atoms with van der Waals surface area (Å²) in [7, 11) is 0. The predicted molar refractivity (Wildman–Crippen MR) is 129 cm³/mol. The summed E-state index contributed by atoms with van der Waals surface area (Å²) in [6.07, 6.45) is 1.85. The Balaban J connectivity index is 1.98. The summed E-state index contributed by atoms with van der Waals surface area (Å²) in [4.78, 5) is 4.37. The average molecular weight is 388 g/mol. The van der Waals surface area contributed by atoms with Crippen LogP contribution in [0, 0.1) is 0 Å². The highest BCUT2D eigenvalue weighted by Gasteiger charge is 2.15. The van der Waals surface area contributed by atoms with Gasteiger partial charge in [-0.15, -0.1) is 0 Å². The molecule has 0 fully saturated rings. The Morgan fingerprint density at radius 3 is 1.27 bits per heavy atom. The summed E-state index contributed by atoms with van der Waals surface area (Å²) in [5.74, 6) is 0. The third-order valence-electron chi connectivity index (χ3n) is 5.14. The molecule has 0 N–H and O–H groups in total. The van der Waals surface area contributed by atoms with Crippen LogP contribution in [0.5, 0.6) is 0 Å². The third kappa shape index (κ3) is 4.47. The molecule has 0 aliphatic rings. The van der Waals surface area contributed by atoms with E-state index >= 15 is 0 Å². The number of hydrogen-bond donors (Lipinski definition) is 0. The van der Waals surface area contributed by atoms with Crippen molar-refractivity contribution in [3.8, 4) is 0 Å². The predicted octanol–water partition coefficient (Wildman–Crippen LogP) is 7.28. The average Bonchev–Trinajstić information content (AvgIpc) is 2.83. The smallest absolute Gasteiger partial charge is 0.0635 e. The minimum absolute atomic E-state index is 0.714. The second kappa shape index (κ2) is 9.67. The maximum atomic E-state index is 4.37. The molecule has 146 valence electrons. The van der Waals surface area contributed by atoms with E-state index in [-0.39, 0.29) is 0 Å². The van der Waals surface area contributed by atoms with E-state index in [9.17, 15) is 0 Å². The van der Waals surface area contributed by atoms with Crippen LogP contribution < -0.4 is 0 Å². The van der Waals surface area contributed by atoms with Gasteiger partial charge in [-0.25, -0.2) is 0 Å². The van der Waals surface area contributed by atoms with Gasteiger partial charge < -0.3 is 0 Å². The van der Waals surface area contributed by atoms with Crippen LogP contribution in [0.3, 0.4) is 0 Å². The van der Waals surface area contributed by atoms with Gasteiger partial charge in [0, 0.05) is 0 Å². The van der Waals surface area contributed by atoms with Gasteiger partial charge in [-0.05, 0) is 52.1 Å². The third-order valence-corrected chi connectivity index (χ3v) is 5.14. The first-order valence-electron chi connectivity index (χ1n) is 10.3. The lowest BCUT2D eigenvalue weighted by molar-refractivity contribution is 1.07. The largest absolute Gasteiger partial charge is 0.293 e. The number of benzene rings is 4. The summed E-state index contributed by atoms with van der Waals surface area (Å²) in [6, 6.07) is 40.8. The second-order valence-electron chi connectivity index (χ2n) is 7.14. The molecule has 1 nitrogen and oxygen atoms in total. The molecule has 0 unspecified atom stereocenters. The summed E-state index contributed by atoms with van der Waals surface area (Å²) in [6.45, 7) is 2.67. The number of hydrogen-bond acceptors (Lipinski definition) is 1.